The summed E-state index contributed by atoms with van der Waals surface area (Å²) >= 11 is 0. The maximum atomic E-state index is 11.4. The van der Waals surface area contributed by atoms with Gasteiger partial charge in [-0.2, -0.15) is 0 Å². The van der Waals surface area contributed by atoms with E-state index in [0.29, 0.717) is 17.7 Å². The summed E-state index contributed by atoms with van der Waals surface area (Å²) in [5.41, 5.74) is 0.349. The van der Waals surface area contributed by atoms with Crippen molar-refractivity contribution in [3.63, 3.8) is 0 Å². The number of anilines is 1. The van der Waals surface area contributed by atoms with Crippen LogP contribution in [0, 0.1) is 5.92 Å². The Kier molecular flexibility index (Phi) is 4.71. The van der Waals surface area contributed by atoms with Crippen molar-refractivity contribution in [2.75, 3.05) is 12.4 Å². The molecular formula is C14H22N4O. The van der Waals surface area contributed by atoms with Crippen molar-refractivity contribution in [3.05, 3.63) is 17.8 Å². The normalized spacial score (nSPS) is 23.5. The Morgan fingerprint density at radius 1 is 1.21 bits per heavy atom. The Morgan fingerprint density at radius 2 is 2.00 bits per heavy atom. The third-order valence-corrected chi connectivity index (χ3v) is 3.82. The molecule has 104 valence electrons. The lowest BCUT2D eigenvalue weighted by atomic mass is 9.97. The first kappa shape index (κ1) is 13.8. The van der Waals surface area contributed by atoms with Crippen molar-refractivity contribution in [3.8, 4) is 0 Å². The fourth-order valence-corrected chi connectivity index (χ4v) is 2.56. The number of hydrogen-bond donors (Lipinski definition) is 2. The quantitative estimate of drug-likeness (QED) is 0.820. The van der Waals surface area contributed by atoms with E-state index in [1.54, 1.807) is 13.1 Å². The average molecular weight is 262 g/mol. The van der Waals surface area contributed by atoms with Gasteiger partial charge in [-0.15, -0.1) is 10.2 Å². The zero-order valence-electron chi connectivity index (χ0n) is 11.6. The molecular weight excluding hydrogens is 240 g/mol. The van der Waals surface area contributed by atoms with E-state index in [4.69, 9.17) is 0 Å². The Bertz CT molecular complexity index is 418. The summed E-state index contributed by atoms with van der Waals surface area (Å²) in [5, 5.41) is 14.0. The minimum absolute atomic E-state index is 0.207. The molecule has 0 aliphatic heterocycles. The van der Waals surface area contributed by atoms with Gasteiger partial charge in [-0.25, -0.2) is 0 Å². The van der Waals surface area contributed by atoms with Gasteiger partial charge in [0.1, 0.15) is 5.82 Å². The van der Waals surface area contributed by atoms with Gasteiger partial charge in [-0.1, -0.05) is 26.2 Å². The van der Waals surface area contributed by atoms with Crippen molar-refractivity contribution in [2.24, 2.45) is 5.92 Å². The maximum Gasteiger partial charge on any atom is 0.271 e. The van der Waals surface area contributed by atoms with Crippen molar-refractivity contribution >= 4 is 11.7 Å². The third kappa shape index (κ3) is 3.66. The number of carbonyl (C=O) groups is 1. The standard InChI is InChI=1S/C14H22N4O/c1-10-6-4-3-5-7-11(10)16-13-9-8-12(17-18-13)14(19)15-2/h8-11H,3-7H2,1-2H3,(H,15,19)(H,16,18). The van der Waals surface area contributed by atoms with Gasteiger partial charge < -0.3 is 10.6 Å². The molecule has 2 unspecified atom stereocenters. The van der Waals surface area contributed by atoms with Gasteiger partial charge in [0, 0.05) is 13.1 Å². The van der Waals surface area contributed by atoms with E-state index >= 15 is 0 Å². The van der Waals surface area contributed by atoms with Crippen molar-refractivity contribution in [1.29, 1.82) is 0 Å². The summed E-state index contributed by atoms with van der Waals surface area (Å²) in [6, 6.07) is 3.99. The maximum absolute atomic E-state index is 11.4. The van der Waals surface area contributed by atoms with E-state index in [0.717, 1.165) is 5.82 Å². The molecule has 0 saturated heterocycles. The monoisotopic (exact) mass is 262 g/mol. The van der Waals surface area contributed by atoms with E-state index in [1.165, 1.54) is 32.1 Å². The molecule has 19 heavy (non-hydrogen) atoms. The first-order chi connectivity index (χ1) is 9.20. The van der Waals surface area contributed by atoms with Gasteiger partial charge in [-0.05, 0) is 30.9 Å². The number of hydrogen-bond acceptors (Lipinski definition) is 4. The molecule has 1 fully saturated rings. The summed E-state index contributed by atoms with van der Waals surface area (Å²) in [7, 11) is 1.59. The van der Waals surface area contributed by atoms with Gasteiger partial charge in [0.15, 0.2) is 5.69 Å². The fourth-order valence-electron chi connectivity index (χ4n) is 2.56. The highest BCUT2D eigenvalue weighted by molar-refractivity contribution is 5.91. The first-order valence-electron chi connectivity index (χ1n) is 7.03. The van der Waals surface area contributed by atoms with Crippen LogP contribution in [-0.2, 0) is 0 Å². The Labute approximate surface area is 114 Å². The summed E-state index contributed by atoms with van der Waals surface area (Å²) in [6.45, 7) is 2.29. The van der Waals surface area contributed by atoms with Crippen LogP contribution in [-0.4, -0.2) is 29.2 Å². The van der Waals surface area contributed by atoms with E-state index < -0.39 is 0 Å². The van der Waals surface area contributed by atoms with Crippen molar-refractivity contribution in [2.45, 2.75) is 45.1 Å². The molecule has 1 aliphatic carbocycles. The van der Waals surface area contributed by atoms with Crippen LogP contribution in [0.15, 0.2) is 12.1 Å². The summed E-state index contributed by atoms with van der Waals surface area (Å²) < 4.78 is 0. The van der Waals surface area contributed by atoms with Crippen LogP contribution in [0.4, 0.5) is 5.82 Å². The molecule has 0 aromatic carbocycles. The van der Waals surface area contributed by atoms with E-state index in [2.05, 4.69) is 27.8 Å². The van der Waals surface area contributed by atoms with Crippen LogP contribution < -0.4 is 10.6 Å². The number of amides is 1. The summed E-state index contributed by atoms with van der Waals surface area (Å²) in [5.74, 6) is 1.20. The molecule has 1 aromatic heterocycles. The lowest BCUT2D eigenvalue weighted by molar-refractivity contribution is 0.0957. The minimum atomic E-state index is -0.207. The van der Waals surface area contributed by atoms with Crippen molar-refractivity contribution in [1.82, 2.24) is 15.5 Å². The lowest BCUT2D eigenvalue weighted by Gasteiger charge is -2.23. The molecule has 2 atom stereocenters. The highest BCUT2D eigenvalue weighted by Crippen LogP contribution is 2.25. The molecule has 1 aromatic rings. The van der Waals surface area contributed by atoms with E-state index in [1.807, 2.05) is 6.07 Å². The second kappa shape index (κ2) is 6.50. The molecule has 0 bridgehead atoms. The zero-order valence-corrected chi connectivity index (χ0v) is 11.6. The molecule has 1 aliphatic rings. The van der Waals surface area contributed by atoms with Crippen LogP contribution in [0.1, 0.15) is 49.5 Å². The fraction of sp³-hybridized carbons (Fsp3) is 0.643. The van der Waals surface area contributed by atoms with E-state index in [9.17, 15) is 4.79 Å². The zero-order chi connectivity index (χ0) is 13.7. The molecule has 0 radical (unpaired) electrons. The smallest absolute Gasteiger partial charge is 0.271 e. The van der Waals surface area contributed by atoms with Crippen LogP contribution in [0.5, 0.6) is 0 Å². The highest BCUT2D eigenvalue weighted by atomic mass is 16.1. The minimum Gasteiger partial charge on any atom is -0.366 e. The third-order valence-electron chi connectivity index (χ3n) is 3.82. The van der Waals surface area contributed by atoms with E-state index in [-0.39, 0.29) is 5.91 Å². The Balaban J connectivity index is 2.00. The summed E-state index contributed by atoms with van der Waals surface area (Å²) in [4.78, 5) is 11.4. The van der Waals surface area contributed by atoms with Crippen LogP contribution in [0.25, 0.3) is 0 Å². The van der Waals surface area contributed by atoms with Gasteiger partial charge in [0.25, 0.3) is 5.91 Å². The number of nitrogens with one attached hydrogen (secondary N) is 2. The van der Waals surface area contributed by atoms with Gasteiger partial charge >= 0.3 is 0 Å². The van der Waals surface area contributed by atoms with Crippen molar-refractivity contribution < 1.29 is 4.79 Å². The van der Waals surface area contributed by atoms with Crippen LogP contribution in [0.3, 0.4) is 0 Å². The second-order valence-corrected chi connectivity index (χ2v) is 5.25. The molecule has 2 rings (SSSR count). The Hall–Kier alpha value is -1.65. The predicted molar refractivity (Wildman–Crippen MR) is 75.1 cm³/mol. The number of rotatable bonds is 3. The topological polar surface area (TPSA) is 66.9 Å². The molecule has 5 heteroatoms. The average Bonchev–Trinajstić information content (AvgIpc) is 2.64. The van der Waals surface area contributed by atoms with Gasteiger partial charge in [0.05, 0.1) is 0 Å². The molecule has 2 N–H and O–H groups in total. The number of nitrogens with zero attached hydrogens (tertiary/aromatic N) is 2. The molecule has 1 saturated carbocycles. The molecule has 5 nitrogen and oxygen atoms in total. The molecule has 0 spiro atoms. The number of carbonyl (C=O) groups excluding carboxylic acids is 1. The highest BCUT2D eigenvalue weighted by Gasteiger charge is 2.20. The first-order valence-corrected chi connectivity index (χ1v) is 7.03. The van der Waals surface area contributed by atoms with Crippen LogP contribution >= 0.6 is 0 Å². The summed E-state index contributed by atoms with van der Waals surface area (Å²) in [6.07, 6.45) is 6.36. The Morgan fingerprint density at radius 3 is 2.68 bits per heavy atom. The predicted octanol–water partition coefficient (Wildman–Crippen LogP) is 2.22. The van der Waals surface area contributed by atoms with Gasteiger partial charge in [0.2, 0.25) is 0 Å². The molecule has 1 heterocycles. The molecule has 1 amide bonds. The largest absolute Gasteiger partial charge is 0.366 e. The SMILES string of the molecule is CNC(=O)c1ccc(NC2CCCCCC2C)nn1. The lowest BCUT2D eigenvalue weighted by Crippen LogP contribution is -2.27. The number of aromatic nitrogens is 2. The van der Waals surface area contributed by atoms with Gasteiger partial charge in [-0.3, -0.25) is 4.79 Å². The van der Waals surface area contributed by atoms with Crippen LogP contribution in [0.2, 0.25) is 0 Å². The second-order valence-electron chi connectivity index (χ2n) is 5.25.